The second-order valence-electron chi connectivity index (χ2n) is 8.31. The highest BCUT2D eigenvalue weighted by molar-refractivity contribution is 7.92. The average Bonchev–Trinajstić information content (AvgIpc) is 3.01. The Kier molecular flexibility index (Phi) is 6.18. The molecule has 1 heterocycles. The molecular weight excluding hydrogens is 452 g/mol. The van der Waals surface area contributed by atoms with E-state index in [4.69, 9.17) is 16.3 Å². The number of anilines is 1. The molecule has 0 unspecified atom stereocenters. The van der Waals surface area contributed by atoms with Crippen LogP contribution in [0.4, 0.5) is 5.69 Å². The maximum Gasteiger partial charge on any atom is 0.265 e. The van der Waals surface area contributed by atoms with Gasteiger partial charge in [-0.2, -0.15) is 0 Å². The first-order valence-corrected chi connectivity index (χ1v) is 12.4. The lowest BCUT2D eigenvalue weighted by Crippen LogP contribution is -2.30. The minimum atomic E-state index is -4.00. The van der Waals surface area contributed by atoms with Crippen molar-refractivity contribution in [2.45, 2.75) is 44.0 Å². The van der Waals surface area contributed by atoms with Crippen LogP contribution in [-0.4, -0.2) is 32.2 Å². The van der Waals surface area contributed by atoms with Crippen LogP contribution < -0.4 is 9.46 Å². The summed E-state index contributed by atoms with van der Waals surface area (Å²) in [7, 11) is -2.61. The number of carbonyl (C=O) groups is 2. The summed E-state index contributed by atoms with van der Waals surface area (Å²) < 4.78 is 34.2. The Morgan fingerprint density at radius 2 is 1.72 bits per heavy atom. The van der Waals surface area contributed by atoms with Gasteiger partial charge in [-0.1, -0.05) is 30.5 Å². The van der Waals surface area contributed by atoms with Crippen molar-refractivity contribution in [1.29, 1.82) is 0 Å². The lowest BCUT2D eigenvalue weighted by Gasteiger charge is -2.19. The Morgan fingerprint density at radius 1 is 1.06 bits per heavy atom. The number of likely N-dealkylation sites (tertiary alicyclic amines) is 1. The van der Waals surface area contributed by atoms with Gasteiger partial charge in [0.05, 0.1) is 31.2 Å². The van der Waals surface area contributed by atoms with Gasteiger partial charge in [0.15, 0.2) is 0 Å². The van der Waals surface area contributed by atoms with E-state index >= 15 is 0 Å². The number of benzene rings is 2. The second-order valence-corrected chi connectivity index (χ2v) is 10.4. The van der Waals surface area contributed by atoms with Gasteiger partial charge in [0, 0.05) is 5.02 Å². The Labute approximate surface area is 192 Å². The van der Waals surface area contributed by atoms with Crippen LogP contribution in [0.3, 0.4) is 0 Å². The van der Waals surface area contributed by atoms with Crippen molar-refractivity contribution in [3.05, 3.63) is 52.5 Å². The van der Waals surface area contributed by atoms with Gasteiger partial charge in [0.25, 0.3) is 10.0 Å². The van der Waals surface area contributed by atoms with E-state index in [1.165, 1.54) is 24.1 Å². The van der Waals surface area contributed by atoms with Gasteiger partial charge in [-0.25, -0.2) is 8.42 Å². The van der Waals surface area contributed by atoms with Gasteiger partial charge >= 0.3 is 0 Å². The molecule has 2 amide bonds. The number of nitrogens with zero attached hydrogens (tertiary/aromatic N) is 1. The van der Waals surface area contributed by atoms with Gasteiger partial charge in [-0.15, -0.1) is 0 Å². The van der Waals surface area contributed by atoms with Crippen LogP contribution in [0.5, 0.6) is 5.75 Å². The van der Waals surface area contributed by atoms with Gasteiger partial charge in [0.1, 0.15) is 10.6 Å². The predicted molar refractivity (Wildman–Crippen MR) is 121 cm³/mol. The number of aryl methyl sites for hydroxylation is 1. The van der Waals surface area contributed by atoms with Crippen molar-refractivity contribution in [2.75, 3.05) is 11.8 Å². The highest BCUT2D eigenvalue weighted by Gasteiger charge is 2.47. The fraction of sp³-hybridized carbons (Fsp3) is 0.391. The fourth-order valence-electron chi connectivity index (χ4n) is 4.54. The smallest absolute Gasteiger partial charge is 0.265 e. The van der Waals surface area contributed by atoms with Crippen molar-refractivity contribution in [3.8, 4) is 5.75 Å². The Balaban J connectivity index is 1.63. The van der Waals surface area contributed by atoms with Crippen LogP contribution in [0.2, 0.25) is 5.02 Å². The molecule has 1 saturated carbocycles. The monoisotopic (exact) mass is 476 g/mol. The zero-order valence-electron chi connectivity index (χ0n) is 17.9. The van der Waals surface area contributed by atoms with Crippen LogP contribution in [0, 0.1) is 18.8 Å². The zero-order valence-corrected chi connectivity index (χ0v) is 19.5. The highest BCUT2D eigenvalue weighted by atomic mass is 35.5. The number of amides is 2. The average molecular weight is 477 g/mol. The molecule has 2 atom stereocenters. The van der Waals surface area contributed by atoms with Gasteiger partial charge < -0.3 is 4.74 Å². The summed E-state index contributed by atoms with van der Waals surface area (Å²) >= 11 is 5.97. The molecule has 0 bridgehead atoms. The van der Waals surface area contributed by atoms with E-state index in [0.717, 1.165) is 25.7 Å². The maximum atomic E-state index is 13.2. The van der Waals surface area contributed by atoms with E-state index in [0.29, 0.717) is 21.8 Å². The highest BCUT2D eigenvalue weighted by Crippen LogP contribution is 2.39. The molecule has 2 fully saturated rings. The minimum Gasteiger partial charge on any atom is -0.495 e. The van der Waals surface area contributed by atoms with E-state index < -0.39 is 10.0 Å². The quantitative estimate of drug-likeness (QED) is 0.632. The SMILES string of the molecule is COc1ccc(CN2C(=O)[C@@H]3CCCC[C@H]3C2=O)cc1S(=O)(=O)Nc1ccc(Cl)cc1C. The fourth-order valence-corrected chi connectivity index (χ4v) is 6.12. The van der Waals surface area contributed by atoms with Crippen molar-refractivity contribution in [3.63, 3.8) is 0 Å². The van der Waals surface area contributed by atoms with Crippen molar-refractivity contribution in [2.24, 2.45) is 11.8 Å². The minimum absolute atomic E-state index is 0.0388. The molecule has 0 radical (unpaired) electrons. The molecule has 1 saturated heterocycles. The first-order chi connectivity index (χ1) is 15.2. The largest absolute Gasteiger partial charge is 0.495 e. The number of hydrogen-bond donors (Lipinski definition) is 1. The van der Waals surface area contributed by atoms with E-state index in [1.54, 1.807) is 31.2 Å². The number of nitrogens with one attached hydrogen (secondary N) is 1. The van der Waals surface area contributed by atoms with Gasteiger partial charge in [0.2, 0.25) is 11.8 Å². The number of carbonyl (C=O) groups excluding carboxylic acids is 2. The number of halogens is 1. The number of imide groups is 1. The normalized spacial score (nSPS) is 20.9. The molecule has 1 N–H and O–H groups in total. The van der Waals surface area contributed by atoms with Crippen molar-refractivity contribution in [1.82, 2.24) is 4.90 Å². The van der Waals surface area contributed by atoms with E-state index in [-0.39, 0.29) is 40.8 Å². The summed E-state index contributed by atoms with van der Waals surface area (Å²) in [6.45, 7) is 1.79. The van der Waals surface area contributed by atoms with Crippen LogP contribution in [0.25, 0.3) is 0 Å². The Bertz CT molecular complexity index is 1160. The van der Waals surface area contributed by atoms with Crippen LogP contribution in [0.15, 0.2) is 41.3 Å². The topological polar surface area (TPSA) is 92.8 Å². The van der Waals surface area contributed by atoms with Crippen molar-refractivity contribution >= 4 is 39.1 Å². The summed E-state index contributed by atoms with van der Waals surface area (Å²) in [5, 5.41) is 0.505. The number of ether oxygens (including phenoxy) is 1. The third-order valence-corrected chi connectivity index (χ3v) is 7.85. The first kappa shape index (κ1) is 22.6. The molecule has 4 rings (SSSR count). The zero-order chi connectivity index (χ0) is 23.0. The Hall–Kier alpha value is -2.58. The summed E-state index contributed by atoms with van der Waals surface area (Å²) in [5.41, 5.74) is 1.61. The van der Waals surface area contributed by atoms with Crippen LogP contribution in [-0.2, 0) is 26.2 Å². The number of hydrogen-bond acceptors (Lipinski definition) is 5. The second kappa shape index (κ2) is 8.75. The lowest BCUT2D eigenvalue weighted by molar-refractivity contribution is -0.140. The summed E-state index contributed by atoms with van der Waals surface area (Å²) in [6, 6.07) is 9.52. The van der Waals surface area contributed by atoms with Gasteiger partial charge in [-0.05, 0) is 61.2 Å². The third kappa shape index (κ3) is 4.21. The van der Waals surface area contributed by atoms with Crippen molar-refractivity contribution < 1.29 is 22.7 Å². The number of methoxy groups -OCH3 is 1. The van der Waals surface area contributed by atoms with E-state index in [1.807, 2.05) is 0 Å². The number of fused-ring (bicyclic) bond motifs is 1. The molecule has 170 valence electrons. The van der Waals surface area contributed by atoms with Crippen LogP contribution in [0.1, 0.15) is 36.8 Å². The molecule has 2 aliphatic rings. The molecule has 2 aromatic carbocycles. The molecular formula is C23H25ClN2O5S. The predicted octanol–water partition coefficient (Wildman–Crippen LogP) is 4.13. The summed E-state index contributed by atoms with van der Waals surface area (Å²) in [4.78, 5) is 26.8. The van der Waals surface area contributed by atoms with Crippen LogP contribution >= 0.6 is 11.6 Å². The summed E-state index contributed by atoms with van der Waals surface area (Å²) in [6.07, 6.45) is 3.38. The lowest BCUT2D eigenvalue weighted by atomic mass is 9.81. The molecule has 9 heteroatoms. The first-order valence-electron chi connectivity index (χ1n) is 10.5. The molecule has 32 heavy (non-hydrogen) atoms. The van der Waals surface area contributed by atoms with Gasteiger partial charge in [-0.3, -0.25) is 19.2 Å². The molecule has 0 spiro atoms. The maximum absolute atomic E-state index is 13.2. The molecule has 2 aromatic rings. The molecule has 1 aliphatic heterocycles. The summed E-state index contributed by atoms with van der Waals surface area (Å²) in [5.74, 6) is -0.634. The third-order valence-electron chi connectivity index (χ3n) is 6.22. The molecule has 7 nitrogen and oxygen atoms in total. The van der Waals surface area contributed by atoms with E-state index in [9.17, 15) is 18.0 Å². The van der Waals surface area contributed by atoms with E-state index in [2.05, 4.69) is 4.72 Å². The Morgan fingerprint density at radius 3 is 2.31 bits per heavy atom. The molecule has 0 aromatic heterocycles. The number of rotatable bonds is 6. The number of sulfonamides is 1. The molecule has 1 aliphatic carbocycles. The standard InChI is InChI=1S/C23H25ClN2O5S/c1-14-11-16(24)8-9-19(14)25-32(29,30)21-12-15(7-10-20(21)31-2)13-26-22(27)17-5-3-4-6-18(17)23(26)28/h7-12,17-18,25H,3-6,13H2,1-2H3/t17-,18-/m1/s1.